The molecule has 7 aromatic carbocycles. The molecule has 212 valence electrons. The zero-order valence-electron chi connectivity index (χ0n) is 24.4. The van der Waals surface area contributed by atoms with Crippen molar-refractivity contribution in [1.29, 1.82) is 0 Å². The van der Waals surface area contributed by atoms with Gasteiger partial charge in [-0.1, -0.05) is 121 Å². The number of benzene rings is 7. The van der Waals surface area contributed by atoms with Crippen LogP contribution in [0.5, 0.6) is 0 Å². The number of anilines is 3. The van der Waals surface area contributed by atoms with Gasteiger partial charge in [-0.2, -0.15) is 0 Å². The Bertz CT molecular complexity index is 2480. The van der Waals surface area contributed by atoms with E-state index < -0.39 is 0 Å². The Hall–Kier alpha value is -5.64. The Morgan fingerprint density at radius 3 is 1.89 bits per heavy atom. The molecule has 45 heavy (non-hydrogen) atoms. The summed E-state index contributed by atoms with van der Waals surface area (Å²) in [6, 6.07) is 58.4. The van der Waals surface area contributed by atoms with Gasteiger partial charge in [-0.05, 0) is 59.2 Å². The molecule has 0 spiro atoms. The van der Waals surface area contributed by atoms with Crippen molar-refractivity contribution in [3.05, 3.63) is 164 Å². The molecular weight excluding hydrogens is 567 g/mol. The van der Waals surface area contributed by atoms with E-state index in [1.807, 2.05) is 0 Å². The van der Waals surface area contributed by atoms with Crippen molar-refractivity contribution in [2.45, 2.75) is 0 Å². The van der Waals surface area contributed by atoms with E-state index in [1.54, 1.807) is 11.3 Å². The summed E-state index contributed by atoms with van der Waals surface area (Å²) in [6.45, 7) is 0. The van der Waals surface area contributed by atoms with Crippen molar-refractivity contribution < 1.29 is 4.42 Å². The van der Waals surface area contributed by atoms with E-state index >= 15 is 0 Å². The van der Waals surface area contributed by atoms with Crippen LogP contribution in [-0.2, 0) is 0 Å². The lowest BCUT2D eigenvalue weighted by molar-refractivity contribution is 0.673. The first-order chi connectivity index (χ1) is 22.3. The van der Waals surface area contributed by atoms with Crippen LogP contribution in [0.4, 0.5) is 17.1 Å². The first-order valence-electron chi connectivity index (χ1n) is 15.2. The summed E-state index contributed by atoms with van der Waals surface area (Å²) in [5.41, 5.74) is 9.85. The number of thiophene rings is 1. The Labute approximate surface area is 265 Å². The minimum Gasteiger partial charge on any atom is -0.454 e. The molecule has 9 rings (SSSR count). The van der Waals surface area contributed by atoms with Crippen LogP contribution in [0.3, 0.4) is 0 Å². The summed E-state index contributed by atoms with van der Waals surface area (Å²) >= 11 is 1.81. The largest absolute Gasteiger partial charge is 0.454 e. The minimum atomic E-state index is 0.898. The van der Waals surface area contributed by atoms with Gasteiger partial charge in [0.2, 0.25) is 0 Å². The predicted molar refractivity (Wildman–Crippen MR) is 192 cm³/mol. The average Bonchev–Trinajstić information content (AvgIpc) is 3.69. The maximum Gasteiger partial charge on any atom is 0.155 e. The normalized spacial score (nSPS) is 11.6. The van der Waals surface area contributed by atoms with Gasteiger partial charge in [-0.15, -0.1) is 11.3 Å². The third-order valence-corrected chi connectivity index (χ3v) is 9.84. The highest BCUT2D eigenvalue weighted by Gasteiger charge is 2.25. The van der Waals surface area contributed by atoms with Gasteiger partial charge >= 0.3 is 0 Å². The van der Waals surface area contributed by atoms with Gasteiger partial charge in [0.05, 0.1) is 21.5 Å². The van der Waals surface area contributed by atoms with Gasteiger partial charge in [0, 0.05) is 32.1 Å². The highest BCUT2D eigenvalue weighted by molar-refractivity contribution is 7.26. The zero-order chi connectivity index (χ0) is 29.7. The highest BCUT2D eigenvalue weighted by atomic mass is 32.1. The molecule has 0 aliphatic heterocycles. The summed E-state index contributed by atoms with van der Waals surface area (Å²) in [6.07, 6.45) is 0. The van der Waals surface area contributed by atoms with Crippen LogP contribution in [0.15, 0.2) is 168 Å². The van der Waals surface area contributed by atoms with E-state index in [0.29, 0.717) is 0 Å². The summed E-state index contributed by atoms with van der Waals surface area (Å²) in [4.78, 5) is 2.42. The molecule has 0 radical (unpaired) electrons. The van der Waals surface area contributed by atoms with E-state index in [0.717, 1.165) is 44.6 Å². The molecule has 0 saturated heterocycles. The van der Waals surface area contributed by atoms with Gasteiger partial charge in [-0.3, -0.25) is 0 Å². The Kier molecular flexibility index (Phi) is 6.03. The van der Waals surface area contributed by atoms with Gasteiger partial charge in [0.25, 0.3) is 0 Å². The Balaban J connectivity index is 1.42. The second-order valence-electron chi connectivity index (χ2n) is 11.3. The Morgan fingerprint density at radius 2 is 1.11 bits per heavy atom. The lowest BCUT2D eigenvalue weighted by Crippen LogP contribution is -2.11. The molecule has 0 saturated carbocycles. The molecule has 0 aliphatic rings. The molecule has 0 bridgehead atoms. The number of para-hydroxylation sites is 2. The van der Waals surface area contributed by atoms with E-state index in [2.05, 4.69) is 169 Å². The quantitative estimate of drug-likeness (QED) is 0.197. The van der Waals surface area contributed by atoms with Crippen LogP contribution >= 0.6 is 11.3 Å². The topological polar surface area (TPSA) is 16.4 Å². The van der Waals surface area contributed by atoms with Crippen molar-refractivity contribution in [2.75, 3.05) is 4.90 Å². The number of furan rings is 1. The number of nitrogens with zero attached hydrogens (tertiary/aromatic N) is 1. The molecule has 0 amide bonds. The molecule has 9 aromatic rings. The second-order valence-corrected chi connectivity index (χ2v) is 12.4. The van der Waals surface area contributed by atoms with Crippen molar-refractivity contribution in [3.63, 3.8) is 0 Å². The number of fused-ring (bicyclic) bond motifs is 7. The fourth-order valence-electron chi connectivity index (χ4n) is 6.60. The molecular formula is C42H27NOS. The SMILES string of the molecule is c1ccc(-c2ccc(N(c3ccccc3)c3cc4c5ccccc5sc4c4oc5ccccc5c34)c(-c3ccccc3)c2)cc1. The third kappa shape index (κ3) is 4.24. The summed E-state index contributed by atoms with van der Waals surface area (Å²) in [5.74, 6) is 0. The summed E-state index contributed by atoms with van der Waals surface area (Å²) in [7, 11) is 0. The fourth-order valence-corrected chi connectivity index (χ4v) is 7.77. The van der Waals surface area contributed by atoms with Crippen molar-refractivity contribution in [3.8, 4) is 22.3 Å². The van der Waals surface area contributed by atoms with Crippen molar-refractivity contribution in [2.24, 2.45) is 0 Å². The van der Waals surface area contributed by atoms with Crippen molar-refractivity contribution >= 4 is 70.5 Å². The van der Waals surface area contributed by atoms with Gasteiger partial charge in [0.15, 0.2) is 5.58 Å². The molecule has 2 nitrogen and oxygen atoms in total. The van der Waals surface area contributed by atoms with Crippen LogP contribution in [0, 0.1) is 0 Å². The van der Waals surface area contributed by atoms with Gasteiger partial charge in [-0.25, -0.2) is 0 Å². The molecule has 3 heteroatoms. The first-order valence-corrected chi connectivity index (χ1v) is 16.0. The molecule has 2 aromatic heterocycles. The fraction of sp³-hybridized carbons (Fsp3) is 0. The number of rotatable bonds is 5. The lowest BCUT2D eigenvalue weighted by Gasteiger charge is -2.29. The van der Waals surface area contributed by atoms with Gasteiger partial charge < -0.3 is 9.32 Å². The molecule has 0 atom stereocenters. The predicted octanol–water partition coefficient (Wildman–Crippen LogP) is 12.8. The van der Waals surface area contributed by atoms with Crippen molar-refractivity contribution in [1.82, 2.24) is 0 Å². The highest BCUT2D eigenvalue weighted by Crippen LogP contribution is 2.51. The second kappa shape index (κ2) is 10.5. The summed E-state index contributed by atoms with van der Waals surface area (Å²) < 4.78 is 9.17. The van der Waals surface area contributed by atoms with E-state index in [1.165, 1.54) is 36.9 Å². The zero-order valence-corrected chi connectivity index (χ0v) is 25.2. The number of hydrogen-bond acceptors (Lipinski definition) is 3. The standard InChI is InChI=1S/C42H27NOS/c1-4-14-28(15-5-1)30-24-25-36(34(26-30)29-16-6-2-7-17-29)43(31-18-8-3-9-19-31)37-27-35-32-20-11-13-23-39(32)45-42(35)41-40(37)33-21-10-12-22-38(33)44-41/h1-27H. The van der Waals surface area contributed by atoms with E-state index in [9.17, 15) is 0 Å². The molecule has 0 unspecified atom stereocenters. The van der Waals surface area contributed by atoms with Crippen LogP contribution < -0.4 is 4.90 Å². The third-order valence-electron chi connectivity index (χ3n) is 8.66. The smallest absolute Gasteiger partial charge is 0.155 e. The maximum atomic E-state index is 6.73. The molecule has 0 fully saturated rings. The molecule has 0 N–H and O–H groups in total. The van der Waals surface area contributed by atoms with Crippen LogP contribution in [0.25, 0.3) is 64.4 Å². The van der Waals surface area contributed by atoms with Crippen LogP contribution in [0.1, 0.15) is 0 Å². The first kappa shape index (κ1) is 25.8. The van der Waals surface area contributed by atoms with E-state index in [-0.39, 0.29) is 0 Å². The average molecular weight is 594 g/mol. The van der Waals surface area contributed by atoms with Crippen LogP contribution in [-0.4, -0.2) is 0 Å². The lowest BCUT2D eigenvalue weighted by atomic mass is 9.95. The summed E-state index contributed by atoms with van der Waals surface area (Å²) in [5, 5.41) is 4.70. The maximum absolute atomic E-state index is 6.73. The molecule has 2 heterocycles. The van der Waals surface area contributed by atoms with Crippen LogP contribution in [0.2, 0.25) is 0 Å². The number of hydrogen-bond donors (Lipinski definition) is 0. The Morgan fingerprint density at radius 1 is 0.467 bits per heavy atom. The monoisotopic (exact) mass is 593 g/mol. The van der Waals surface area contributed by atoms with Gasteiger partial charge in [0.1, 0.15) is 5.58 Å². The minimum absolute atomic E-state index is 0.898. The van der Waals surface area contributed by atoms with E-state index in [4.69, 9.17) is 4.42 Å². The molecule has 0 aliphatic carbocycles.